The Morgan fingerprint density at radius 3 is 2.89 bits per heavy atom. The van der Waals surface area contributed by atoms with Gasteiger partial charge in [-0.1, -0.05) is 26.3 Å². The Morgan fingerprint density at radius 1 is 1.56 bits per heavy atom. The van der Waals surface area contributed by atoms with Crippen LogP contribution in [-0.4, -0.2) is 6.61 Å². The van der Waals surface area contributed by atoms with Crippen molar-refractivity contribution in [1.29, 1.82) is 0 Å². The lowest BCUT2D eigenvalue weighted by Gasteiger charge is -1.99. The highest BCUT2D eigenvalue weighted by Crippen LogP contribution is 1.92. The van der Waals surface area contributed by atoms with Gasteiger partial charge < -0.3 is 0 Å². The number of rotatable bonds is 6. The third-order valence-electron chi connectivity index (χ3n) is 1.02. The fourth-order valence-corrected chi connectivity index (χ4v) is 0.542. The first-order chi connectivity index (χ1) is 4.41. The number of nitrogens with one attached hydrogen (secondary N) is 1. The average molecular weight is 129 g/mol. The van der Waals surface area contributed by atoms with Gasteiger partial charge in [0.2, 0.25) is 0 Å². The second kappa shape index (κ2) is 7.50. The third-order valence-corrected chi connectivity index (χ3v) is 1.02. The Bertz CT molecular complexity index is 63.9. The van der Waals surface area contributed by atoms with Gasteiger partial charge in [0.1, 0.15) is 0 Å². The maximum Gasteiger partial charge on any atom is 0.0745 e. The first kappa shape index (κ1) is 8.50. The van der Waals surface area contributed by atoms with Gasteiger partial charge in [0.15, 0.2) is 0 Å². The molecule has 0 saturated carbocycles. The van der Waals surface area contributed by atoms with Crippen LogP contribution in [0.2, 0.25) is 0 Å². The number of hydrogen-bond acceptors (Lipinski definition) is 2. The van der Waals surface area contributed by atoms with Crippen molar-refractivity contribution >= 4 is 0 Å². The van der Waals surface area contributed by atoms with Gasteiger partial charge in [-0.2, -0.15) is 0 Å². The minimum Gasteiger partial charge on any atom is -0.277 e. The SMILES string of the molecule is C=CNOCCCCC. The molecule has 0 fully saturated rings. The van der Waals surface area contributed by atoms with E-state index >= 15 is 0 Å². The monoisotopic (exact) mass is 129 g/mol. The summed E-state index contributed by atoms with van der Waals surface area (Å²) in [6.07, 6.45) is 5.12. The summed E-state index contributed by atoms with van der Waals surface area (Å²) in [7, 11) is 0. The molecule has 0 amide bonds. The fourth-order valence-electron chi connectivity index (χ4n) is 0.542. The molecule has 2 heteroatoms. The maximum absolute atomic E-state index is 4.92. The summed E-state index contributed by atoms with van der Waals surface area (Å²) in [5, 5.41) is 0. The van der Waals surface area contributed by atoms with Gasteiger partial charge in [-0.3, -0.25) is 10.3 Å². The van der Waals surface area contributed by atoms with Crippen LogP contribution in [-0.2, 0) is 4.84 Å². The zero-order valence-corrected chi connectivity index (χ0v) is 6.02. The molecule has 0 aliphatic heterocycles. The largest absolute Gasteiger partial charge is 0.277 e. The minimum absolute atomic E-state index is 0.778. The highest BCUT2D eigenvalue weighted by molar-refractivity contribution is 4.53. The molecule has 54 valence electrons. The molecular formula is C7H15NO. The van der Waals surface area contributed by atoms with Gasteiger partial charge in [0.25, 0.3) is 0 Å². The highest BCUT2D eigenvalue weighted by Gasteiger charge is 1.83. The third kappa shape index (κ3) is 7.50. The second-order valence-electron chi connectivity index (χ2n) is 1.88. The van der Waals surface area contributed by atoms with E-state index in [4.69, 9.17) is 4.84 Å². The topological polar surface area (TPSA) is 21.3 Å². The summed E-state index contributed by atoms with van der Waals surface area (Å²) in [5.41, 5.74) is 2.57. The van der Waals surface area contributed by atoms with E-state index in [1.165, 1.54) is 19.0 Å². The molecule has 0 spiro atoms. The molecule has 0 aromatic carbocycles. The van der Waals surface area contributed by atoms with Crippen molar-refractivity contribution in [3.63, 3.8) is 0 Å². The summed E-state index contributed by atoms with van der Waals surface area (Å²) in [6, 6.07) is 0. The lowest BCUT2D eigenvalue weighted by atomic mass is 10.3. The van der Waals surface area contributed by atoms with Crippen molar-refractivity contribution in [2.45, 2.75) is 26.2 Å². The number of hydroxylamine groups is 1. The van der Waals surface area contributed by atoms with E-state index in [2.05, 4.69) is 19.0 Å². The Kier molecular flexibility index (Phi) is 7.08. The van der Waals surface area contributed by atoms with E-state index in [0.29, 0.717) is 0 Å². The molecule has 0 unspecified atom stereocenters. The highest BCUT2D eigenvalue weighted by atomic mass is 16.6. The molecular weight excluding hydrogens is 114 g/mol. The predicted molar refractivity (Wildman–Crippen MR) is 38.8 cm³/mol. The van der Waals surface area contributed by atoms with E-state index in [1.807, 2.05) is 0 Å². The maximum atomic E-state index is 4.92. The van der Waals surface area contributed by atoms with Gasteiger partial charge in [0.05, 0.1) is 6.61 Å². The van der Waals surface area contributed by atoms with E-state index in [1.54, 1.807) is 0 Å². The molecule has 0 heterocycles. The second-order valence-corrected chi connectivity index (χ2v) is 1.88. The van der Waals surface area contributed by atoms with Crippen LogP contribution < -0.4 is 5.48 Å². The molecule has 2 nitrogen and oxygen atoms in total. The first-order valence-electron chi connectivity index (χ1n) is 3.40. The van der Waals surface area contributed by atoms with Crippen molar-refractivity contribution in [3.05, 3.63) is 12.8 Å². The van der Waals surface area contributed by atoms with Crippen LogP contribution in [0.5, 0.6) is 0 Å². The lowest BCUT2D eigenvalue weighted by molar-refractivity contribution is 0.0686. The number of hydrogen-bond donors (Lipinski definition) is 1. The van der Waals surface area contributed by atoms with Crippen LogP contribution in [0.3, 0.4) is 0 Å². The Balaban J connectivity index is 2.66. The van der Waals surface area contributed by atoms with Gasteiger partial charge in [-0.15, -0.1) is 0 Å². The smallest absolute Gasteiger partial charge is 0.0745 e. The van der Waals surface area contributed by atoms with Crippen LogP contribution in [0, 0.1) is 0 Å². The zero-order chi connectivity index (χ0) is 6.95. The van der Waals surface area contributed by atoms with Crippen LogP contribution in [0.1, 0.15) is 26.2 Å². The molecule has 0 aromatic rings. The number of unbranched alkanes of at least 4 members (excludes halogenated alkanes) is 2. The van der Waals surface area contributed by atoms with Crippen LogP contribution in [0.15, 0.2) is 12.8 Å². The molecule has 0 bridgehead atoms. The van der Waals surface area contributed by atoms with Gasteiger partial charge >= 0.3 is 0 Å². The lowest BCUT2D eigenvalue weighted by Crippen LogP contribution is -2.06. The summed E-state index contributed by atoms with van der Waals surface area (Å²) in [5.74, 6) is 0. The van der Waals surface area contributed by atoms with Crippen LogP contribution >= 0.6 is 0 Å². The fraction of sp³-hybridized carbons (Fsp3) is 0.714. The van der Waals surface area contributed by atoms with Crippen molar-refractivity contribution < 1.29 is 4.84 Å². The van der Waals surface area contributed by atoms with Gasteiger partial charge in [-0.05, 0) is 6.42 Å². The van der Waals surface area contributed by atoms with Crippen LogP contribution in [0.4, 0.5) is 0 Å². The van der Waals surface area contributed by atoms with E-state index in [9.17, 15) is 0 Å². The summed E-state index contributed by atoms with van der Waals surface area (Å²) in [4.78, 5) is 4.92. The summed E-state index contributed by atoms with van der Waals surface area (Å²) in [6.45, 7) is 6.39. The Morgan fingerprint density at radius 2 is 2.33 bits per heavy atom. The standard InChI is InChI=1S/C7H15NO/c1-3-5-6-7-9-8-4-2/h4,8H,2-3,5-7H2,1H3. The van der Waals surface area contributed by atoms with Crippen LogP contribution in [0.25, 0.3) is 0 Å². The van der Waals surface area contributed by atoms with Gasteiger partial charge in [0, 0.05) is 6.20 Å². The Hall–Kier alpha value is -0.500. The molecule has 0 atom stereocenters. The Labute approximate surface area is 56.9 Å². The summed E-state index contributed by atoms with van der Waals surface area (Å²) >= 11 is 0. The molecule has 0 aliphatic rings. The zero-order valence-electron chi connectivity index (χ0n) is 6.02. The van der Waals surface area contributed by atoms with Crippen molar-refractivity contribution in [2.24, 2.45) is 0 Å². The normalized spacial score (nSPS) is 9.00. The minimum atomic E-state index is 0.778. The molecule has 0 radical (unpaired) electrons. The van der Waals surface area contributed by atoms with Crippen molar-refractivity contribution in [2.75, 3.05) is 6.61 Å². The predicted octanol–water partition coefficient (Wildman–Crippen LogP) is 1.84. The molecule has 0 aliphatic carbocycles. The van der Waals surface area contributed by atoms with E-state index < -0.39 is 0 Å². The van der Waals surface area contributed by atoms with Gasteiger partial charge in [-0.25, -0.2) is 0 Å². The van der Waals surface area contributed by atoms with Crippen molar-refractivity contribution in [1.82, 2.24) is 5.48 Å². The average Bonchev–Trinajstić information content (AvgIpc) is 1.89. The van der Waals surface area contributed by atoms with E-state index in [0.717, 1.165) is 13.0 Å². The first-order valence-corrected chi connectivity index (χ1v) is 3.40. The van der Waals surface area contributed by atoms with E-state index in [-0.39, 0.29) is 0 Å². The molecule has 9 heavy (non-hydrogen) atoms. The summed E-state index contributed by atoms with van der Waals surface area (Å²) < 4.78 is 0. The quantitative estimate of drug-likeness (QED) is 0.436. The molecule has 0 saturated heterocycles. The molecule has 1 N–H and O–H groups in total. The molecule has 0 aromatic heterocycles. The van der Waals surface area contributed by atoms with Crippen molar-refractivity contribution in [3.8, 4) is 0 Å². The molecule has 0 rings (SSSR count).